The van der Waals surface area contributed by atoms with Crippen molar-refractivity contribution in [1.29, 1.82) is 0 Å². The molecule has 82 valence electrons. The summed E-state index contributed by atoms with van der Waals surface area (Å²) in [5.41, 5.74) is 8.41. The summed E-state index contributed by atoms with van der Waals surface area (Å²) in [4.78, 5) is 15.0. The van der Waals surface area contributed by atoms with Crippen molar-refractivity contribution in [3.8, 4) is 0 Å². The molecule has 1 heterocycles. The van der Waals surface area contributed by atoms with Crippen LogP contribution in [0.2, 0.25) is 0 Å². The Labute approximate surface area is 94.3 Å². The Hall–Kier alpha value is -1.90. The van der Waals surface area contributed by atoms with Gasteiger partial charge in [-0.2, -0.15) is 0 Å². The molecule has 16 heavy (non-hydrogen) atoms. The summed E-state index contributed by atoms with van der Waals surface area (Å²) in [7, 11) is 0. The number of aryl methyl sites for hydroxylation is 2. The zero-order valence-electron chi connectivity index (χ0n) is 9.23. The van der Waals surface area contributed by atoms with E-state index in [0.717, 1.165) is 16.5 Å². The van der Waals surface area contributed by atoms with Gasteiger partial charge in [0.25, 0.3) is 0 Å². The van der Waals surface area contributed by atoms with Crippen LogP contribution in [0, 0.1) is 6.92 Å². The fraction of sp³-hybridized carbons (Fsp3) is 0.231. The molecule has 0 fully saturated rings. The van der Waals surface area contributed by atoms with Crippen LogP contribution in [-0.2, 0) is 11.2 Å². The van der Waals surface area contributed by atoms with E-state index in [1.54, 1.807) is 6.20 Å². The van der Waals surface area contributed by atoms with Crippen LogP contribution < -0.4 is 5.73 Å². The van der Waals surface area contributed by atoms with Crippen molar-refractivity contribution in [2.24, 2.45) is 5.73 Å². The monoisotopic (exact) mass is 214 g/mol. The smallest absolute Gasteiger partial charge is 0.217 e. The molecule has 0 bridgehead atoms. The van der Waals surface area contributed by atoms with Gasteiger partial charge in [0.1, 0.15) is 0 Å². The number of pyridine rings is 1. The van der Waals surface area contributed by atoms with Crippen molar-refractivity contribution in [3.63, 3.8) is 0 Å². The number of nitrogens with two attached hydrogens (primary N) is 1. The largest absolute Gasteiger partial charge is 0.370 e. The third-order valence-corrected chi connectivity index (χ3v) is 2.69. The molecule has 1 aromatic heterocycles. The Bertz CT molecular complexity index is 534. The van der Waals surface area contributed by atoms with E-state index in [-0.39, 0.29) is 5.91 Å². The number of carbonyl (C=O) groups excluding carboxylic acids is 1. The highest BCUT2D eigenvalue weighted by Crippen LogP contribution is 2.18. The number of amides is 1. The summed E-state index contributed by atoms with van der Waals surface area (Å²) >= 11 is 0. The molecule has 1 aromatic carbocycles. The van der Waals surface area contributed by atoms with Crippen LogP contribution in [0.25, 0.3) is 10.9 Å². The SMILES string of the molecule is Cc1ccnc2cc(CCC(N)=O)ccc12. The quantitative estimate of drug-likeness (QED) is 0.849. The second-order valence-electron chi connectivity index (χ2n) is 3.95. The van der Waals surface area contributed by atoms with Crippen LogP contribution in [0.15, 0.2) is 30.5 Å². The summed E-state index contributed by atoms with van der Waals surface area (Å²) in [6.07, 6.45) is 2.87. The van der Waals surface area contributed by atoms with Gasteiger partial charge in [-0.05, 0) is 36.6 Å². The lowest BCUT2D eigenvalue weighted by Crippen LogP contribution is -2.11. The first kappa shape index (κ1) is 10.6. The minimum atomic E-state index is -0.266. The van der Waals surface area contributed by atoms with Crippen molar-refractivity contribution >= 4 is 16.8 Å². The van der Waals surface area contributed by atoms with Crippen LogP contribution in [0.3, 0.4) is 0 Å². The number of aromatic nitrogens is 1. The molecule has 0 radical (unpaired) electrons. The highest BCUT2D eigenvalue weighted by atomic mass is 16.1. The molecule has 0 saturated carbocycles. The van der Waals surface area contributed by atoms with E-state index in [4.69, 9.17) is 5.73 Å². The third kappa shape index (κ3) is 2.19. The highest BCUT2D eigenvalue weighted by molar-refractivity contribution is 5.82. The van der Waals surface area contributed by atoms with E-state index >= 15 is 0 Å². The summed E-state index contributed by atoms with van der Waals surface area (Å²) in [5, 5.41) is 1.16. The van der Waals surface area contributed by atoms with E-state index in [1.807, 2.05) is 24.3 Å². The summed E-state index contributed by atoms with van der Waals surface area (Å²) < 4.78 is 0. The first-order chi connectivity index (χ1) is 7.66. The second kappa shape index (κ2) is 4.31. The fourth-order valence-electron chi connectivity index (χ4n) is 1.76. The van der Waals surface area contributed by atoms with E-state index in [2.05, 4.69) is 11.9 Å². The second-order valence-corrected chi connectivity index (χ2v) is 3.95. The molecule has 2 aromatic rings. The topological polar surface area (TPSA) is 56.0 Å². The van der Waals surface area contributed by atoms with Gasteiger partial charge in [-0.3, -0.25) is 9.78 Å². The number of carbonyl (C=O) groups is 1. The first-order valence-corrected chi connectivity index (χ1v) is 5.29. The van der Waals surface area contributed by atoms with Crippen LogP contribution in [-0.4, -0.2) is 10.9 Å². The van der Waals surface area contributed by atoms with Gasteiger partial charge >= 0.3 is 0 Å². The Balaban J connectivity index is 2.33. The molecule has 2 rings (SSSR count). The zero-order valence-corrected chi connectivity index (χ0v) is 9.23. The van der Waals surface area contributed by atoms with Gasteiger partial charge in [0.2, 0.25) is 5.91 Å². The van der Waals surface area contributed by atoms with Gasteiger partial charge in [0.15, 0.2) is 0 Å². The maximum Gasteiger partial charge on any atom is 0.217 e. The lowest BCUT2D eigenvalue weighted by atomic mass is 10.0. The number of hydrogen-bond acceptors (Lipinski definition) is 2. The molecule has 0 spiro atoms. The summed E-state index contributed by atoms with van der Waals surface area (Å²) in [6.45, 7) is 2.06. The lowest BCUT2D eigenvalue weighted by Gasteiger charge is -2.04. The number of primary amides is 1. The predicted molar refractivity (Wildman–Crippen MR) is 64.0 cm³/mol. The van der Waals surface area contributed by atoms with Crippen LogP contribution >= 0.6 is 0 Å². The first-order valence-electron chi connectivity index (χ1n) is 5.29. The normalized spacial score (nSPS) is 10.6. The molecule has 0 atom stereocenters. The highest BCUT2D eigenvalue weighted by Gasteiger charge is 2.01. The number of nitrogens with zero attached hydrogens (tertiary/aromatic N) is 1. The van der Waals surface area contributed by atoms with Gasteiger partial charge < -0.3 is 5.73 Å². The van der Waals surface area contributed by atoms with Crippen molar-refractivity contribution in [3.05, 3.63) is 41.6 Å². The molecule has 0 aliphatic heterocycles. The minimum Gasteiger partial charge on any atom is -0.370 e. The Morgan fingerprint density at radius 3 is 2.94 bits per heavy atom. The number of benzene rings is 1. The average Bonchev–Trinajstić information content (AvgIpc) is 2.26. The van der Waals surface area contributed by atoms with Gasteiger partial charge in [0.05, 0.1) is 5.52 Å². The van der Waals surface area contributed by atoms with Crippen molar-refractivity contribution in [2.75, 3.05) is 0 Å². The number of hydrogen-bond donors (Lipinski definition) is 1. The molecule has 0 saturated heterocycles. The van der Waals surface area contributed by atoms with E-state index in [1.165, 1.54) is 5.56 Å². The Kier molecular flexibility index (Phi) is 2.86. The van der Waals surface area contributed by atoms with Crippen molar-refractivity contribution in [2.45, 2.75) is 19.8 Å². The van der Waals surface area contributed by atoms with E-state index < -0.39 is 0 Å². The summed E-state index contributed by atoms with van der Waals surface area (Å²) in [5.74, 6) is -0.266. The molecule has 0 aliphatic carbocycles. The van der Waals surface area contributed by atoms with Gasteiger partial charge in [0, 0.05) is 18.0 Å². The summed E-state index contributed by atoms with van der Waals surface area (Å²) in [6, 6.07) is 8.09. The van der Waals surface area contributed by atoms with E-state index in [9.17, 15) is 4.79 Å². The fourth-order valence-corrected chi connectivity index (χ4v) is 1.76. The Morgan fingerprint density at radius 1 is 1.38 bits per heavy atom. The van der Waals surface area contributed by atoms with Crippen LogP contribution in [0.4, 0.5) is 0 Å². The molecule has 1 amide bonds. The molecular formula is C13H14N2O. The van der Waals surface area contributed by atoms with Gasteiger partial charge in [-0.1, -0.05) is 12.1 Å². The molecule has 0 unspecified atom stereocenters. The lowest BCUT2D eigenvalue weighted by molar-refractivity contribution is -0.117. The number of rotatable bonds is 3. The zero-order chi connectivity index (χ0) is 11.5. The van der Waals surface area contributed by atoms with E-state index in [0.29, 0.717) is 12.8 Å². The molecular weight excluding hydrogens is 200 g/mol. The predicted octanol–water partition coefficient (Wildman–Crippen LogP) is 1.96. The van der Waals surface area contributed by atoms with Gasteiger partial charge in [-0.25, -0.2) is 0 Å². The van der Waals surface area contributed by atoms with Crippen molar-refractivity contribution < 1.29 is 4.79 Å². The Morgan fingerprint density at radius 2 is 2.19 bits per heavy atom. The molecule has 0 aliphatic rings. The number of fused-ring (bicyclic) bond motifs is 1. The van der Waals surface area contributed by atoms with Gasteiger partial charge in [-0.15, -0.1) is 0 Å². The van der Waals surface area contributed by atoms with Crippen LogP contribution in [0.5, 0.6) is 0 Å². The molecule has 3 nitrogen and oxygen atoms in total. The minimum absolute atomic E-state index is 0.266. The van der Waals surface area contributed by atoms with Crippen molar-refractivity contribution in [1.82, 2.24) is 4.98 Å². The maximum absolute atomic E-state index is 10.7. The standard InChI is InChI=1S/C13H14N2O/c1-9-6-7-15-12-8-10(2-4-11(9)12)3-5-13(14)16/h2,4,6-8H,3,5H2,1H3,(H2,14,16). The van der Waals surface area contributed by atoms with Crippen LogP contribution in [0.1, 0.15) is 17.5 Å². The maximum atomic E-state index is 10.7. The molecule has 2 N–H and O–H groups in total. The third-order valence-electron chi connectivity index (χ3n) is 2.69. The molecule has 3 heteroatoms. The average molecular weight is 214 g/mol.